The molecular weight excluding hydrogens is 325 g/mol. The summed E-state index contributed by atoms with van der Waals surface area (Å²) in [6, 6.07) is 9.73. The molecule has 3 rings (SSSR count). The monoisotopic (exact) mass is 341 g/mol. The lowest BCUT2D eigenvalue weighted by Crippen LogP contribution is -2.28. The number of amides is 1. The second kappa shape index (κ2) is 6.72. The Morgan fingerprint density at radius 1 is 1.28 bits per heavy atom. The van der Waals surface area contributed by atoms with Crippen molar-refractivity contribution in [3.63, 3.8) is 0 Å². The Labute approximate surface area is 142 Å². The van der Waals surface area contributed by atoms with E-state index in [0.717, 1.165) is 11.6 Å². The van der Waals surface area contributed by atoms with Gasteiger partial charge in [-0.1, -0.05) is 17.7 Å². The quantitative estimate of drug-likeness (QED) is 0.791. The molecule has 128 valence electrons. The number of nitrogens with one attached hydrogen (secondary N) is 1. The summed E-state index contributed by atoms with van der Waals surface area (Å²) >= 11 is 0. The van der Waals surface area contributed by atoms with Crippen molar-refractivity contribution >= 4 is 22.5 Å². The number of methoxy groups -OCH3 is 1. The van der Waals surface area contributed by atoms with Crippen molar-refractivity contribution in [1.29, 1.82) is 0 Å². The molecular formula is C18H16FN3O3. The summed E-state index contributed by atoms with van der Waals surface area (Å²) in [4.78, 5) is 28.7. The fourth-order valence-corrected chi connectivity index (χ4v) is 2.42. The minimum Gasteiger partial charge on any atom is -0.494 e. The van der Waals surface area contributed by atoms with Crippen LogP contribution in [-0.4, -0.2) is 22.6 Å². The lowest BCUT2D eigenvalue weighted by atomic mass is 10.2. The van der Waals surface area contributed by atoms with Gasteiger partial charge in [0.05, 0.1) is 24.3 Å². The molecule has 0 aliphatic heterocycles. The molecule has 1 heterocycles. The van der Waals surface area contributed by atoms with Gasteiger partial charge in [0.1, 0.15) is 6.54 Å². The van der Waals surface area contributed by atoms with Crippen LogP contribution in [0.3, 0.4) is 0 Å². The van der Waals surface area contributed by atoms with Gasteiger partial charge in [-0.05, 0) is 25.1 Å². The average molecular weight is 341 g/mol. The number of hydrogen-bond acceptors (Lipinski definition) is 4. The minimum atomic E-state index is -0.600. The normalized spacial score (nSPS) is 10.7. The number of benzene rings is 2. The van der Waals surface area contributed by atoms with Gasteiger partial charge in [-0.3, -0.25) is 14.2 Å². The zero-order valence-corrected chi connectivity index (χ0v) is 13.7. The predicted molar refractivity (Wildman–Crippen MR) is 92.3 cm³/mol. The average Bonchev–Trinajstić information content (AvgIpc) is 2.59. The molecule has 7 heteroatoms. The number of anilines is 1. The van der Waals surface area contributed by atoms with E-state index in [1.165, 1.54) is 24.1 Å². The summed E-state index contributed by atoms with van der Waals surface area (Å²) in [5.74, 6) is -1.01. The number of halogens is 1. The molecule has 0 fully saturated rings. The highest BCUT2D eigenvalue weighted by molar-refractivity contribution is 5.90. The van der Waals surface area contributed by atoms with Gasteiger partial charge >= 0.3 is 0 Å². The lowest BCUT2D eigenvalue weighted by Gasteiger charge is -2.09. The molecule has 0 saturated carbocycles. The Bertz CT molecular complexity index is 997. The largest absolute Gasteiger partial charge is 0.494 e. The molecule has 0 saturated heterocycles. The number of aryl methyl sites for hydroxylation is 1. The molecule has 0 aliphatic rings. The second-order valence-electron chi connectivity index (χ2n) is 5.60. The van der Waals surface area contributed by atoms with E-state index in [9.17, 15) is 14.0 Å². The zero-order valence-electron chi connectivity index (χ0n) is 13.7. The number of carbonyl (C=O) groups is 1. The lowest BCUT2D eigenvalue weighted by molar-refractivity contribution is -0.116. The third kappa shape index (κ3) is 3.50. The molecule has 0 radical (unpaired) electrons. The Balaban J connectivity index is 1.87. The van der Waals surface area contributed by atoms with Crippen molar-refractivity contribution in [2.75, 3.05) is 12.4 Å². The second-order valence-corrected chi connectivity index (χ2v) is 5.60. The van der Waals surface area contributed by atoms with Crippen molar-refractivity contribution in [3.05, 3.63) is 64.5 Å². The number of fused-ring (bicyclic) bond motifs is 1. The van der Waals surface area contributed by atoms with Gasteiger partial charge in [0.15, 0.2) is 11.6 Å². The summed E-state index contributed by atoms with van der Waals surface area (Å²) in [5.41, 5.74) is 1.48. The van der Waals surface area contributed by atoms with Crippen LogP contribution in [0.25, 0.3) is 10.9 Å². The van der Waals surface area contributed by atoms with Crippen LogP contribution in [0, 0.1) is 12.7 Å². The highest BCUT2D eigenvalue weighted by Crippen LogP contribution is 2.21. The molecule has 0 unspecified atom stereocenters. The van der Waals surface area contributed by atoms with Crippen LogP contribution >= 0.6 is 0 Å². The molecule has 0 atom stereocenters. The Kier molecular flexibility index (Phi) is 4.47. The minimum absolute atomic E-state index is 0.0479. The Morgan fingerprint density at radius 3 is 2.68 bits per heavy atom. The fraction of sp³-hybridized carbons (Fsp3) is 0.167. The molecule has 1 N–H and O–H groups in total. The highest BCUT2D eigenvalue weighted by atomic mass is 19.1. The van der Waals surface area contributed by atoms with Gasteiger partial charge in [0.2, 0.25) is 5.91 Å². The Hall–Kier alpha value is -3.22. The van der Waals surface area contributed by atoms with Gasteiger partial charge in [-0.15, -0.1) is 0 Å². The van der Waals surface area contributed by atoms with Crippen LogP contribution in [0.1, 0.15) is 5.56 Å². The maximum atomic E-state index is 13.7. The summed E-state index contributed by atoms with van der Waals surface area (Å²) < 4.78 is 19.8. The first-order valence-electron chi connectivity index (χ1n) is 7.57. The van der Waals surface area contributed by atoms with E-state index in [4.69, 9.17) is 4.74 Å². The molecule has 0 aliphatic carbocycles. The summed E-state index contributed by atoms with van der Waals surface area (Å²) in [5, 5.41) is 2.90. The number of rotatable bonds is 4. The number of ether oxygens (including phenoxy) is 1. The summed E-state index contributed by atoms with van der Waals surface area (Å²) in [7, 11) is 1.31. The highest BCUT2D eigenvalue weighted by Gasteiger charge is 2.12. The van der Waals surface area contributed by atoms with Crippen LogP contribution in [0.5, 0.6) is 5.75 Å². The van der Waals surface area contributed by atoms with Gasteiger partial charge in [-0.25, -0.2) is 9.37 Å². The van der Waals surface area contributed by atoms with E-state index in [2.05, 4.69) is 10.3 Å². The number of hydrogen-bond donors (Lipinski definition) is 1. The predicted octanol–water partition coefficient (Wildman–Crippen LogP) is 2.49. The SMILES string of the molecule is COc1cc2c(=O)n(CC(=O)Nc3ccc(C)cc3)cnc2cc1F. The molecule has 0 bridgehead atoms. The standard InChI is InChI=1S/C18H16FN3O3/c1-11-3-5-12(6-4-11)21-17(23)9-22-10-20-15-8-14(19)16(25-2)7-13(15)18(22)24/h3-8,10H,9H2,1-2H3,(H,21,23). The van der Waals surface area contributed by atoms with Crippen molar-refractivity contribution in [2.45, 2.75) is 13.5 Å². The molecule has 6 nitrogen and oxygen atoms in total. The zero-order chi connectivity index (χ0) is 18.0. The first kappa shape index (κ1) is 16.6. The van der Waals surface area contributed by atoms with Crippen LogP contribution in [0.4, 0.5) is 10.1 Å². The number of aromatic nitrogens is 2. The van der Waals surface area contributed by atoms with E-state index in [1.807, 2.05) is 19.1 Å². The third-order valence-corrected chi connectivity index (χ3v) is 3.75. The Morgan fingerprint density at radius 2 is 2.00 bits per heavy atom. The van der Waals surface area contributed by atoms with Gasteiger partial charge in [-0.2, -0.15) is 0 Å². The topological polar surface area (TPSA) is 73.2 Å². The molecule has 2 aromatic carbocycles. The van der Waals surface area contributed by atoms with Crippen molar-refractivity contribution < 1.29 is 13.9 Å². The number of carbonyl (C=O) groups excluding carboxylic acids is 1. The first-order chi connectivity index (χ1) is 12.0. The van der Waals surface area contributed by atoms with E-state index < -0.39 is 11.4 Å². The van der Waals surface area contributed by atoms with Crippen LogP contribution in [0.2, 0.25) is 0 Å². The van der Waals surface area contributed by atoms with E-state index in [0.29, 0.717) is 5.69 Å². The summed E-state index contributed by atoms with van der Waals surface area (Å²) in [6.45, 7) is 1.75. The molecule has 1 amide bonds. The van der Waals surface area contributed by atoms with Gasteiger partial charge in [0.25, 0.3) is 5.56 Å². The molecule has 25 heavy (non-hydrogen) atoms. The maximum absolute atomic E-state index is 13.7. The summed E-state index contributed by atoms with van der Waals surface area (Å²) in [6.07, 6.45) is 1.23. The van der Waals surface area contributed by atoms with Crippen molar-refractivity contribution in [1.82, 2.24) is 9.55 Å². The van der Waals surface area contributed by atoms with Gasteiger partial charge in [0, 0.05) is 11.8 Å². The first-order valence-corrected chi connectivity index (χ1v) is 7.57. The molecule has 1 aromatic heterocycles. The third-order valence-electron chi connectivity index (χ3n) is 3.75. The maximum Gasteiger partial charge on any atom is 0.261 e. The van der Waals surface area contributed by atoms with Gasteiger partial charge < -0.3 is 10.1 Å². The fourth-order valence-electron chi connectivity index (χ4n) is 2.42. The van der Waals surface area contributed by atoms with Crippen molar-refractivity contribution in [3.8, 4) is 5.75 Å². The van der Waals surface area contributed by atoms with E-state index >= 15 is 0 Å². The van der Waals surface area contributed by atoms with E-state index in [1.54, 1.807) is 12.1 Å². The van der Waals surface area contributed by atoms with Crippen LogP contribution in [-0.2, 0) is 11.3 Å². The number of nitrogens with zero attached hydrogens (tertiary/aromatic N) is 2. The smallest absolute Gasteiger partial charge is 0.261 e. The van der Waals surface area contributed by atoms with E-state index in [-0.39, 0.29) is 29.1 Å². The molecule has 0 spiro atoms. The van der Waals surface area contributed by atoms with Crippen molar-refractivity contribution in [2.24, 2.45) is 0 Å². The van der Waals surface area contributed by atoms with Crippen LogP contribution < -0.4 is 15.6 Å². The van der Waals surface area contributed by atoms with Crippen LogP contribution in [0.15, 0.2) is 47.5 Å². The molecule has 3 aromatic rings.